The number of aliphatic hydroxyl groups excluding tert-OH is 1. The molecule has 1 aromatic rings. The molecule has 6 heteroatoms. The van der Waals surface area contributed by atoms with Gasteiger partial charge in [0, 0.05) is 11.8 Å². The molecule has 0 radical (unpaired) electrons. The van der Waals surface area contributed by atoms with Crippen LogP contribution in [0.15, 0.2) is 18.2 Å². The predicted molar refractivity (Wildman–Crippen MR) is 65.1 cm³/mol. The fourth-order valence-electron chi connectivity index (χ4n) is 2.20. The van der Waals surface area contributed by atoms with E-state index in [0.717, 1.165) is 19.3 Å². The van der Waals surface area contributed by atoms with E-state index in [2.05, 4.69) is 5.32 Å². The molecule has 1 saturated carbocycles. The molecule has 0 bridgehead atoms. The Bertz CT molecular complexity index is 510. The van der Waals surface area contributed by atoms with Crippen LogP contribution in [0, 0.1) is 21.4 Å². The normalized spacial score (nSPS) is 22.4. The first-order chi connectivity index (χ1) is 8.61. The van der Waals surface area contributed by atoms with E-state index in [-0.39, 0.29) is 17.3 Å². The Morgan fingerprint density at radius 2 is 2.28 bits per heavy atom. The highest BCUT2D eigenvalue weighted by molar-refractivity contribution is 5.59. The Kier molecular flexibility index (Phi) is 3.44. The minimum absolute atomic E-state index is 0.0255. The van der Waals surface area contributed by atoms with Crippen molar-refractivity contribution in [2.75, 3.05) is 5.32 Å². The summed E-state index contributed by atoms with van der Waals surface area (Å²) >= 11 is 0. The van der Waals surface area contributed by atoms with Gasteiger partial charge in [-0.3, -0.25) is 10.1 Å². The topological polar surface area (TPSA) is 99.2 Å². The number of nitriles is 1. The second-order valence-electron chi connectivity index (χ2n) is 4.35. The van der Waals surface area contributed by atoms with Crippen LogP contribution in [0.25, 0.3) is 0 Å². The summed E-state index contributed by atoms with van der Waals surface area (Å²) in [5.41, 5.74) is 0.454. The van der Waals surface area contributed by atoms with Crippen molar-refractivity contribution in [1.82, 2.24) is 0 Å². The number of nitrogens with zero attached hydrogens (tertiary/aromatic N) is 2. The van der Waals surface area contributed by atoms with Crippen LogP contribution in [0.2, 0.25) is 0 Å². The molecule has 0 aromatic heterocycles. The fourth-order valence-corrected chi connectivity index (χ4v) is 2.20. The number of aliphatic hydroxyl groups is 1. The van der Waals surface area contributed by atoms with Gasteiger partial charge in [0.25, 0.3) is 5.69 Å². The van der Waals surface area contributed by atoms with E-state index in [1.807, 2.05) is 6.07 Å². The molecule has 1 fully saturated rings. The van der Waals surface area contributed by atoms with Gasteiger partial charge in [0.1, 0.15) is 11.6 Å². The quantitative estimate of drug-likeness (QED) is 0.626. The lowest BCUT2D eigenvalue weighted by atomic mass is 10.1. The van der Waals surface area contributed by atoms with Crippen LogP contribution in [-0.4, -0.2) is 22.2 Å². The second kappa shape index (κ2) is 5.02. The molecule has 6 nitrogen and oxygen atoms in total. The SMILES string of the molecule is N#Cc1cc(N[C@H]2CCC[C@H]2O)ccc1[N+](=O)[O-]. The van der Waals surface area contributed by atoms with Gasteiger partial charge in [0.15, 0.2) is 0 Å². The van der Waals surface area contributed by atoms with E-state index in [1.54, 1.807) is 6.07 Å². The van der Waals surface area contributed by atoms with Crippen molar-refractivity contribution in [3.63, 3.8) is 0 Å². The number of anilines is 1. The molecule has 18 heavy (non-hydrogen) atoms. The molecule has 2 atom stereocenters. The van der Waals surface area contributed by atoms with Crippen molar-refractivity contribution in [2.24, 2.45) is 0 Å². The maximum atomic E-state index is 10.7. The summed E-state index contributed by atoms with van der Waals surface area (Å²) in [7, 11) is 0. The van der Waals surface area contributed by atoms with Crippen molar-refractivity contribution in [2.45, 2.75) is 31.4 Å². The zero-order chi connectivity index (χ0) is 13.1. The van der Waals surface area contributed by atoms with Crippen molar-refractivity contribution >= 4 is 11.4 Å². The van der Waals surface area contributed by atoms with Crippen molar-refractivity contribution in [3.8, 4) is 6.07 Å². The summed E-state index contributed by atoms with van der Waals surface area (Å²) in [6, 6.07) is 6.08. The van der Waals surface area contributed by atoms with Gasteiger partial charge in [-0.25, -0.2) is 0 Å². The van der Waals surface area contributed by atoms with Crippen LogP contribution in [0.4, 0.5) is 11.4 Å². The molecule has 94 valence electrons. The molecule has 1 aromatic carbocycles. The summed E-state index contributed by atoms with van der Waals surface area (Å²) < 4.78 is 0. The average Bonchev–Trinajstić information content (AvgIpc) is 2.74. The second-order valence-corrected chi connectivity index (χ2v) is 4.35. The number of hydrogen-bond donors (Lipinski definition) is 2. The molecular formula is C12H13N3O3. The number of rotatable bonds is 3. The van der Waals surface area contributed by atoms with E-state index < -0.39 is 11.0 Å². The maximum absolute atomic E-state index is 10.7. The van der Waals surface area contributed by atoms with Gasteiger partial charge in [-0.1, -0.05) is 0 Å². The van der Waals surface area contributed by atoms with Gasteiger partial charge in [0.2, 0.25) is 0 Å². The minimum Gasteiger partial charge on any atom is -0.391 e. The molecule has 0 heterocycles. The number of nitro groups is 1. The van der Waals surface area contributed by atoms with E-state index in [0.29, 0.717) is 5.69 Å². The van der Waals surface area contributed by atoms with Crippen LogP contribution in [-0.2, 0) is 0 Å². The highest BCUT2D eigenvalue weighted by Gasteiger charge is 2.25. The van der Waals surface area contributed by atoms with Crippen molar-refractivity contribution in [1.29, 1.82) is 5.26 Å². The van der Waals surface area contributed by atoms with Crippen molar-refractivity contribution in [3.05, 3.63) is 33.9 Å². The van der Waals surface area contributed by atoms with Crippen LogP contribution in [0.3, 0.4) is 0 Å². The van der Waals surface area contributed by atoms with Gasteiger partial charge in [-0.2, -0.15) is 5.26 Å². The van der Waals surface area contributed by atoms with Gasteiger partial charge >= 0.3 is 0 Å². The van der Waals surface area contributed by atoms with Crippen molar-refractivity contribution < 1.29 is 10.0 Å². The Balaban J connectivity index is 2.20. The lowest BCUT2D eigenvalue weighted by molar-refractivity contribution is -0.385. The third-order valence-corrected chi connectivity index (χ3v) is 3.15. The lowest BCUT2D eigenvalue weighted by Crippen LogP contribution is -2.27. The number of nitrogens with one attached hydrogen (secondary N) is 1. The molecule has 2 N–H and O–H groups in total. The zero-order valence-corrected chi connectivity index (χ0v) is 9.67. The van der Waals surface area contributed by atoms with Gasteiger partial charge in [-0.15, -0.1) is 0 Å². The van der Waals surface area contributed by atoms with Crippen LogP contribution in [0.5, 0.6) is 0 Å². The molecule has 0 spiro atoms. The lowest BCUT2D eigenvalue weighted by Gasteiger charge is -2.17. The summed E-state index contributed by atoms with van der Waals surface area (Å²) in [6.45, 7) is 0. The summed E-state index contributed by atoms with van der Waals surface area (Å²) in [6.07, 6.45) is 2.18. The van der Waals surface area contributed by atoms with E-state index in [9.17, 15) is 15.2 Å². The maximum Gasteiger partial charge on any atom is 0.287 e. The minimum atomic E-state index is -0.577. The summed E-state index contributed by atoms with van der Waals surface area (Å²) in [5, 5.41) is 32.3. The molecule has 0 saturated heterocycles. The number of nitro benzene ring substituents is 1. The molecular weight excluding hydrogens is 234 g/mol. The largest absolute Gasteiger partial charge is 0.391 e. The van der Waals surface area contributed by atoms with E-state index in [1.165, 1.54) is 12.1 Å². The van der Waals surface area contributed by atoms with E-state index >= 15 is 0 Å². The molecule has 1 aliphatic carbocycles. The van der Waals surface area contributed by atoms with Gasteiger partial charge in [-0.05, 0) is 31.4 Å². The first-order valence-corrected chi connectivity index (χ1v) is 5.75. The highest BCUT2D eigenvalue weighted by atomic mass is 16.6. The summed E-state index contributed by atoms with van der Waals surface area (Å²) in [5.74, 6) is 0. The Morgan fingerprint density at radius 3 is 2.83 bits per heavy atom. The van der Waals surface area contributed by atoms with Gasteiger partial charge < -0.3 is 10.4 Å². The highest BCUT2D eigenvalue weighted by Crippen LogP contribution is 2.26. The van der Waals surface area contributed by atoms with Gasteiger partial charge in [0.05, 0.1) is 17.1 Å². The number of hydrogen-bond acceptors (Lipinski definition) is 5. The Morgan fingerprint density at radius 1 is 1.50 bits per heavy atom. The zero-order valence-electron chi connectivity index (χ0n) is 9.67. The standard InChI is InChI=1S/C12H13N3O3/c13-7-8-6-9(4-5-11(8)15(17)18)14-10-2-1-3-12(10)16/h4-6,10,12,14,16H,1-3H2/t10-,12+/m0/s1. The third-order valence-electron chi connectivity index (χ3n) is 3.15. The smallest absolute Gasteiger partial charge is 0.287 e. The molecule has 2 rings (SSSR count). The summed E-state index contributed by atoms with van der Waals surface area (Å²) in [4.78, 5) is 10.1. The average molecular weight is 247 g/mol. The molecule has 0 aliphatic heterocycles. The van der Waals surface area contributed by atoms with Crippen LogP contribution >= 0.6 is 0 Å². The Hall–Kier alpha value is -2.13. The predicted octanol–water partition coefficient (Wildman–Crippen LogP) is 1.79. The Labute approximate surface area is 104 Å². The number of benzene rings is 1. The monoisotopic (exact) mass is 247 g/mol. The third kappa shape index (κ3) is 2.41. The first-order valence-electron chi connectivity index (χ1n) is 5.75. The van der Waals surface area contributed by atoms with Crippen LogP contribution in [0.1, 0.15) is 24.8 Å². The van der Waals surface area contributed by atoms with Crippen LogP contribution < -0.4 is 5.32 Å². The fraction of sp³-hybridized carbons (Fsp3) is 0.417. The molecule has 0 unspecified atom stereocenters. The first kappa shape index (κ1) is 12.3. The molecule has 1 aliphatic rings. The van der Waals surface area contributed by atoms with E-state index in [4.69, 9.17) is 5.26 Å². The molecule has 0 amide bonds.